The van der Waals surface area contributed by atoms with Gasteiger partial charge in [0.2, 0.25) is 5.91 Å². The Morgan fingerprint density at radius 1 is 1.12 bits per heavy atom. The van der Waals surface area contributed by atoms with Crippen LogP contribution >= 0.6 is 11.6 Å². The van der Waals surface area contributed by atoms with Gasteiger partial charge in [0.1, 0.15) is 5.82 Å². The highest BCUT2D eigenvalue weighted by atomic mass is 35.5. The van der Waals surface area contributed by atoms with E-state index in [0.717, 1.165) is 6.07 Å². The van der Waals surface area contributed by atoms with Crippen molar-refractivity contribution in [3.05, 3.63) is 58.9 Å². The molecule has 0 atom stereocenters. The first kappa shape index (κ1) is 18.1. The molecule has 0 heterocycles. The van der Waals surface area contributed by atoms with E-state index in [-0.39, 0.29) is 23.7 Å². The van der Waals surface area contributed by atoms with E-state index in [2.05, 4.69) is 10.6 Å². The second-order valence-electron chi connectivity index (χ2n) is 4.90. The monoisotopic (exact) mass is 360 g/mol. The van der Waals surface area contributed by atoms with Crippen LogP contribution in [-0.2, 0) is 11.0 Å². The van der Waals surface area contributed by atoms with E-state index in [0.29, 0.717) is 5.69 Å². The van der Waals surface area contributed by atoms with Gasteiger partial charge in [0.15, 0.2) is 0 Å². The summed E-state index contributed by atoms with van der Waals surface area (Å²) >= 11 is 5.62. The Balaban J connectivity index is 1.91. The Morgan fingerprint density at radius 3 is 2.50 bits per heavy atom. The normalized spacial score (nSPS) is 11.2. The summed E-state index contributed by atoms with van der Waals surface area (Å²) in [6.07, 6.45) is -4.62. The molecule has 0 fully saturated rings. The Bertz CT molecular complexity index is 734. The fraction of sp³-hybridized carbons (Fsp3) is 0.188. The first-order valence-corrected chi connectivity index (χ1v) is 7.30. The molecule has 0 unspecified atom stereocenters. The maximum absolute atomic E-state index is 13.0. The predicted octanol–water partition coefficient (Wildman–Crippen LogP) is 4.94. The number of anilines is 2. The SMILES string of the molecule is O=C(CCNc1ccc(F)c(Cl)c1)Nc1ccccc1C(F)(F)F. The molecule has 2 N–H and O–H groups in total. The molecule has 0 aliphatic heterocycles. The van der Waals surface area contributed by atoms with Gasteiger partial charge in [0.05, 0.1) is 16.3 Å². The number of hydrogen-bond donors (Lipinski definition) is 2. The van der Waals surface area contributed by atoms with Crippen LogP contribution in [0.2, 0.25) is 5.02 Å². The number of alkyl halides is 3. The summed E-state index contributed by atoms with van der Waals surface area (Å²) in [5.41, 5.74) is -0.693. The van der Waals surface area contributed by atoms with Gasteiger partial charge in [-0.1, -0.05) is 23.7 Å². The average Bonchev–Trinajstić information content (AvgIpc) is 2.50. The fourth-order valence-corrected chi connectivity index (χ4v) is 2.16. The van der Waals surface area contributed by atoms with Crippen LogP contribution in [-0.4, -0.2) is 12.5 Å². The van der Waals surface area contributed by atoms with Crippen molar-refractivity contribution in [2.24, 2.45) is 0 Å². The van der Waals surface area contributed by atoms with Gasteiger partial charge in [-0.2, -0.15) is 13.2 Å². The smallest absolute Gasteiger partial charge is 0.384 e. The second-order valence-corrected chi connectivity index (χ2v) is 5.30. The minimum atomic E-state index is -4.55. The number of hydrogen-bond acceptors (Lipinski definition) is 2. The highest BCUT2D eigenvalue weighted by Crippen LogP contribution is 2.34. The molecule has 2 aromatic rings. The lowest BCUT2D eigenvalue weighted by atomic mass is 10.1. The van der Waals surface area contributed by atoms with Crippen molar-refractivity contribution in [1.29, 1.82) is 0 Å². The summed E-state index contributed by atoms with van der Waals surface area (Å²) in [4.78, 5) is 11.8. The van der Waals surface area contributed by atoms with Crippen LogP contribution in [0.3, 0.4) is 0 Å². The number of para-hydroxylation sites is 1. The molecule has 2 aromatic carbocycles. The molecule has 0 aliphatic carbocycles. The van der Waals surface area contributed by atoms with Crippen LogP contribution in [0.15, 0.2) is 42.5 Å². The molecule has 24 heavy (non-hydrogen) atoms. The van der Waals surface area contributed by atoms with E-state index in [9.17, 15) is 22.4 Å². The quantitative estimate of drug-likeness (QED) is 0.742. The van der Waals surface area contributed by atoms with Crippen LogP contribution in [0.4, 0.5) is 28.9 Å². The third kappa shape index (κ3) is 4.86. The average molecular weight is 361 g/mol. The zero-order chi connectivity index (χ0) is 17.7. The van der Waals surface area contributed by atoms with E-state index in [4.69, 9.17) is 11.6 Å². The van der Waals surface area contributed by atoms with Crippen molar-refractivity contribution >= 4 is 28.9 Å². The van der Waals surface area contributed by atoms with Gasteiger partial charge in [-0.3, -0.25) is 4.79 Å². The lowest BCUT2D eigenvalue weighted by molar-refractivity contribution is -0.137. The first-order chi connectivity index (χ1) is 11.3. The summed E-state index contributed by atoms with van der Waals surface area (Å²) in [5.74, 6) is -1.14. The summed E-state index contributed by atoms with van der Waals surface area (Å²) in [7, 11) is 0. The van der Waals surface area contributed by atoms with Gasteiger partial charge in [0, 0.05) is 18.7 Å². The summed E-state index contributed by atoms with van der Waals surface area (Å²) in [6.45, 7) is 0.155. The molecule has 0 aromatic heterocycles. The minimum Gasteiger partial charge on any atom is -0.384 e. The molecular weight excluding hydrogens is 348 g/mol. The number of halogens is 5. The van der Waals surface area contributed by atoms with Gasteiger partial charge in [-0.05, 0) is 30.3 Å². The van der Waals surface area contributed by atoms with Crippen LogP contribution in [0.25, 0.3) is 0 Å². The van der Waals surface area contributed by atoms with Crippen LogP contribution in [0.5, 0.6) is 0 Å². The van der Waals surface area contributed by atoms with Crippen molar-refractivity contribution in [3.8, 4) is 0 Å². The number of carbonyl (C=O) groups excluding carboxylic acids is 1. The Hall–Kier alpha value is -2.28. The Morgan fingerprint density at radius 2 is 1.83 bits per heavy atom. The molecular formula is C16H13ClF4N2O. The third-order valence-corrected chi connectivity index (χ3v) is 3.40. The summed E-state index contributed by atoms with van der Waals surface area (Å²) < 4.78 is 51.5. The lowest BCUT2D eigenvalue weighted by Crippen LogP contribution is -2.19. The van der Waals surface area contributed by atoms with E-state index < -0.39 is 23.5 Å². The van der Waals surface area contributed by atoms with Crippen LogP contribution in [0, 0.1) is 5.82 Å². The van der Waals surface area contributed by atoms with Gasteiger partial charge in [-0.15, -0.1) is 0 Å². The van der Waals surface area contributed by atoms with Gasteiger partial charge < -0.3 is 10.6 Å². The largest absolute Gasteiger partial charge is 0.418 e. The van der Waals surface area contributed by atoms with E-state index in [1.807, 2.05) is 0 Å². The van der Waals surface area contributed by atoms with Crippen molar-refractivity contribution in [2.75, 3.05) is 17.2 Å². The lowest BCUT2D eigenvalue weighted by Gasteiger charge is -2.13. The maximum Gasteiger partial charge on any atom is 0.418 e. The van der Waals surface area contributed by atoms with Gasteiger partial charge in [0.25, 0.3) is 0 Å². The number of benzene rings is 2. The van der Waals surface area contributed by atoms with E-state index in [1.165, 1.54) is 36.4 Å². The molecule has 128 valence electrons. The molecule has 0 radical (unpaired) electrons. The molecule has 0 saturated heterocycles. The summed E-state index contributed by atoms with van der Waals surface area (Å²) in [6, 6.07) is 8.71. The van der Waals surface area contributed by atoms with Gasteiger partial charge >= 0.3 is 6.18 Å². The Labute approximate surface area is 140 Å². The molecule has 8 heteroatoms. The fourth-order valence-electron chi connectivity index (χ4n) is 1.98. The topological polar surface area (TPSA) is 41.1 Å². The maximum atomic E-state index is 13.0. The molecule has 1 amide bonds. The van der Waals surface area contributed by atoms with Gasteiger partial charge in [-0.25, -0.2) is 4.39 Å². The molecule has 2 rings (SSSR count). The van der Waals surface area contributed by atoms with Crippen LogP contribution in [0.1, 0.15) is 12.0 Å². The number of rotatable bonds is 5. The van der Waals surface area contributed by atoms with Crippen molar-refractivity contribution in [1.82, 2.24) is 0 Å². The van der Waals surface area contributed by atoms with E-state index in [1.54, 1.807) is 0 Å². The molecule has 0 aliphatic rings. The second kappa shape index (κ2) is 7.53. The first-order valence-electron chi connectivity index (χ1n) is 6.92. The Kier molecular flexibility index (Phi) is 5.66. The molecule has 0 bridgehead atoms. The highest BCUT2D eigenvalue weighted by Gasteiger charge is 2.33. The van der Waals surface area contributed by atoms with Crippen molar-refractivity contribution in [2.45, 2.75) is 12.6 Å². The zero-order valence-corrected chi connectivity index (χ0v) is 13.0. The molecule has 0 spiro atoms. The van der Waals surface area contributed by atoms with E-state index >= 15 is 0 Å². The minimum absolute atomic E-state index is 0.0662. The zero-order valence-electron chi connectivity index (χ0n) is 12.3. The standard InChI is InChI=1S/C16H13ClF4N2O/c17-12-9-10(5-6-13(12)18)22-8-7-15(24)23-14-4-2-1-3-11(14)16(19,20)21/h1-6,9,22H,7-8H2,(H,23,24). The van der Waals surface area contributed by atoms with Crippen molar-refractivity contribution < 1.29 is 22.4 Å². The highest BCUT2D eigenvalue weighted by molar-refractivity contribution is 6.31. The van der Waals surface area contributed by atoms with Crippen LogP contribution < -0.4 is 10.6 Å². The third-order valence-electron chi connectivity index (χ3n) is 3.11. The number of nitrogens with one attached hydrogen (secondary N) is 2. The molecule has 0 saturated carbocycles. The predicted molar refractivity (Wildman–Crippen MR) is 84.6 cm³/mol. The summed E-state index contributed by atoms with van der Waals surface area (Å²) in [5, 5.41) is 5.01. The molecule has 3 nitrogen and oxygen atoms in total. The number of amides is 1. The number of carbonyl (C=O) groups is 1. The van der Waals surface area contributed by atoms with Crippen molar-refractivity contribution in [3.63, 3.8) is 0 Å².